The lowest BCUT2D eigenvalue weighted by Gasteiger charge is -2.34. The van der Waals surface area contributed by atoms with Crippen LogP contribution in [0.2, 0.25) is 0 Å². The number of methoxy groups -OCH3 is 1. The Kier molecular flexibility index (Phi) is 12.7. The third-order valence-electron chi connectivity index (χ3n) is 6.45. The van der Waals surface area contributed by atoms with Gasteiger partial charge in [-0.05, 0) is 69.8 Å². The SMILES string of the molecule is C=CCN(C)CCCCCCO[C@H]1CC[C@H](N(C)C(=O)OCc2ccc(C(=O)OC)cc2)CC1. The van der Waals surface area contributed by atoms with Gasteiger partial charge in [0, 0.05) is 26.2 Å². The van der Waals surface area contributed by atoms with Crippen LogP contribution in [0, 0.1) is 0 Å². The number of amides is 1. The zero-order chi connectivity index (χ0) is 24.8. The molecule has 1 saturated carbocycles. The summed E-state index contributed by atoms with van der Waals surface area (Å²) < 4.78 is 16.2. The van der Waals surface area contributed by atoms with Crippen LogP contribution in [0.25, 0.3) is 0 Å². The van der Waals surface area contributed by atoms with Gasteiger partial charge in [-0.1, -0.05) is 31.1 Å². The molecule has 2 rings (SSSR count). The van der Waals surface area contributed by atoms with Crippen molar-refractivity contribution in [3.8, 4) is 0 Å². The van der Waals surface area contributed by atoms with E-state index >= 15 is 0 Å². The van der Waals surface area contributed by atoms with E-state index in [-0.39, 0.29) is 24.7 Å². The maximum absolute atomic E-state index is 12.5. The molecule has 0 radical (unpaired) electrons. The van der Waals surface area contributed by atoms with Crippen molar-refractivity contribution in [2.24, 2.45) is 0 Å². The van der Waals surface area contributed by atoms with Gasteiger partial charge >= 0.3 is 12.1 Å². The van der Waals surface area contributed by atoms with Crippen molar-refractivity contribution >= 4 is 12.1 Å². The summed E-state index contributed by atoms with van der Waals surface area (Å²) in [6.45, 7) is 6.84. The molecule has 0 N–H and O–H groups in total. The highest BCUT2D eigenvalue weighted by molar-refractivity contribution is 5.89. The second-order valence-corrected chi connectivity index (χ2v) is 9.12. The Hall–Kier alpha value is -2.38. The highest BCUT2D eigenvalue weighted by Crippen LogP contribution is 2.25. The standard InChI is InChI=1S/C27H42N2O5/c1-5-18-28(2)19-8-6-7-9-20-33-25-16-14-24(15-17-25)29(3)27(31)34-21-22-10-12-23(13-11-22)26(30)32-4/h5,10-13,24-25H,1,6-9,14-21H2,2-4H3/t24-,25-. The summed E-state index contributed by atoms with van der Waals surface area (Å²) in [5, 5.41) is 0. The van der Waals surface area contributed by atoms with Crippen LogP contribution in [-0.4, -0.2) is 74.9 Å². The van der Waals surface area contributed by atoms with Crippen molar-refractivity contribution in [1.82, 2.24) is 9.80 Å². The lowest BCUT2D eigenvalue weighted by molar-refractivity contribution is 0.00693. The van der Waals surface area contributed by atoms with Crippen LogP contribution in [0.4, 0.5) is 4.79 Å². The van der Waals surface area contributed by atoms with Crippen LogP contribution >= 0.6 is 0 Å². The lowest BCUT2D eigenvalue weighted by atomic mass is 9.92. The molecule has 7 heteroatoms. The summed E-state index contributed by atoms with van der Waals surface area (Å²) in [4.78, 5) is 28.0. The highest BCUT2D eigenvalue weighted by Gasteiger charge is 2.27. The Bertz CT molecular complexity index is 744. The fourth-order valence-corrected chi connectivity index (χ4v) is 4.25. The molecule has 1 aliphatic carbocycles. The predicted octanol–water partition coefficient (Wildman–Crippen LogP) is 5.05. The van der Waals surface area contributed by atoms with E-state index in [0.717, 1.165) is 57.4 Å². The first kappa shape index (κ1) is 27.9. The van der Waals surface area contributed by atoms with E-state index in [4.69, 9.17) is 14.2 Å². The number of hydrogen-bond donors (Lipinski definition) is 0. The smallest absolute Gasteiger partial charge is 0.410 e. The van der Waals surface area contributed by atoms with E-state index in [1.807, 2.05) is 6.08 Å². The van der Waals surface area contributed by atoms with Gasteiger partial charge in [-0.3, -0.25) is 0 Å². The van der Waals surface area contributed by atoms with Gasteiger partial charge in [0.25, 0.3) is 0 Å². The molecule has 1 aliphatic rings. The number of ether oxygens (including phenoxy) is 3. The highest BCUT2D eigenvalue weighted by atomic mass is 16.6. The number of carbonyl (C=O) groups excluding carboxylic acids is 2. The van der Waals surface area contributed by atoms with Crippen molar-refractivity contribution in [3.05, 3.63) is 48.0 Å². The molecule has 0 spiro atoms. The van der Waals surface area contributed by atoms with Gasteiger partial charge in [0.15, 0.2) is 0 Å². The number of likely N-dealkylation sites (N-methyl/N-ethyl adjacent to an activating group) is 1. The van der Waals surface area contributed by atoms with Gasteiger partial charge in [0.2, 0.25) is 0 Å². The molecule has 0 atom stereocenters. The van der Waals surface area contributed by atoms with E-state index in [0.29, 0.717) is 11.7 Å². The van der Waals surface area contributed by atoms with Crippen LogP contribution in [0.3, 0.4) is 0 Å². The Balaban J connectivity index is 1.57. The molecule has 1 amide bonds. The van der Waals surface area contributed by atoms with Gasteiger partial charge in [-0.2, -0.15) is 0 Å². The van der Waals surface area contributed by atoms with Crippen LogP contribution < -0.4 is 0 Å². The van der Waals surface area contributed by atoms with Crippen LogP contribution in [-0.2, 0) is 20.8 Å². The number of rotatable bonds is 14. The van der Waals surface area contributed by atoms with E-state index in [1.165, 1.54) is 26.4 Å². The monoisotopic (exact) mass is 474 g/mol. The van der Waals surface area contributed by atoms with Crippen molar-refractivity contribution in [1.29, 1.82) is 0 Å². The first-order chi connectivity index (χ1) is 16.4. The number of unbranched alkanes of at least 4 members (excludes halogenated alkanes) is 3. The quantitative estimate of drug-likeness (QED) is 0.214. The predicted molar refractivity (Wildman–Crippen MR) is 134 cm³/mol. The molecular weight excluding hydrogens is 432 g/mol. The Morgan fingerprint density at radius 1 is 1.03 bits per heavy atom. The van der Waals surface area contributed by atoms with E-state index in [9.17, 15) is 9.59 Å². The number of esters is 1. The van der Waals surface area contributed by atoms with Gasteiger partial charge in [0.1, 0.15) is 6.61 Å². The first-order valence-electron chi connectivity index (χ1n) is 12.4. The van der Waals surface area contributed by atoms with Crippen molar-refractivity contribution in [3.63, 3.8) is 0 Å². The van der Waals surface area contributed by atoms with Gasteiger partial charge in [-0.25, -0.2) is 9.59 Å². The zero-order valence-corrected chi connectivity index (χ0v) is 21.2. The second-order valence-electron chi connectivity index (χ2n) is 9.12. The summed E-state index contributed by atoms with van der Waals surface area (Å²) in [7, 11) is 5.28. The fraction of sp³-hybridized carbons (Fsp3) is 0.630. The fourth-order valence-electron chi connectivity index (χ4n) is 4.25. The van der Waals surface area contributed by atoms with Crippen molar-refractivity contribution < 1.29 is 23.8 Å². The largest absolute Gasteiger partial charge is 0.465 e. The molecule has 0 aliphatic heterocycles. The van der Waals surface area contributed by atoms with Crippen molar-refractivity contribution in [2.45, 2.75) is 70.1 Å². The topological polar surface area (TPSA) is 68.3 Å². The number of benzene rings is 1. The molecule has 1 fully saturated rings. The summed E-state index contributed by atoms with van der Waals surface area (Å²) in [5.74, 6) is -0.384. The van der Waals surface area contributed by atoms with Gasteiger partial charge < -0.3 is 24.0 Å². The molecule has 1 aromatic rings. The zero-order valence-electron chi connectivity index (χ0n) is 21.2. The van der Waals surface area contributed by atoms with Crippen LogP contribution in [0.5, 0.6) is 0 Å². The minimum atomic E-state index is -0.384. The molecule has 190 valence electrons. The van der Waals surface area contributed by atoms with Gasteiger partial charge in [-0.15, -0.1) is 6.58 Å². The molecule has 0 heterocycles. The third-order valence-corrected chi connectivity index (χ3v) is 6.45. The molecule has 0 saturated heterocycles. The molecule has 0 aromatic heterocycles. The molecule has 0 unspecified atom stereocenters. The summed E-state index contributed by atoms with van der Waals surface area (Å²) in [5.41, 5.74) is 1.30. The summed E-state index contributed by atoms with van der Waals surface area (Å²) in [6.07, 6.45) is 10.5. The van der Waals surface area contributed by atoms with Gasteiger partial charge in [0.05, 0.1) is 18.8 Å². The number of nitrogens with zero attached hydrogens (tertiary/aromatic N) is 2. The Labute approximate surface area is 205 Å². The second kappa shape index (κ2) is 15.5. The van der Waals surface area contributed by atoms with Crippen LogP contribution in [0.15, 0.2) is 36.9 Å². The molecule has 1 aromatic carbocycles. The van der Waals surface area contributed by atoms with E-state index < -0.39 is 0 Å². The molecule has 34 heavy (non-hydrogen) atoms. The third kappa shape index (κ3) is 9.85. The Morgan fingerprint density at radius 2 is 1.71 bits per heavy atom. The van der Waals surface area contributed by atoms with E-state index in [1.54, 1.807) is 36.2 Å². The minimum absolute atomic E-state index is 0.174. The van der Waals surface area contributed by atoms with E-state index in [2.05, 4.69) is 18.5 Å². The first-order valence-corrected chi connectivity index (χ1v) is 12.4. The lowest BCUT2D eigenvalue weighted by Crippen LogP contribution is -2.41. The van der Waals surface area contributed by atoms with Crippen LogP contribution in [0.1, 0.15) is 67.3 Å². The average Bonchev–Trinajstić information content (AvgIpc) is 2.86. The summed E-state index contributed by atoms with van der Waals surface area (Å²) in [6, 6.07) is 7.06. The molecular formula is C27H42N2O5. The minimum Gasteiger partial charge on any atom is -0.465 e. The molecule has 7 nitrogen and oxygen atoms in total. The Morgan fingerprint density at radius 3 is 2.35 bits per heavy atom. The normalized spacial score (nSPS) is 17.9. The maximum Gasteiger partial charge on any atom is 0.410 e. The molecule has 0 bridgehead atoms. The summed E-state index contributed by atoms with van der Waals surface area (Å²) >= 11 is 0. The number of carbonyl (C=O) groups is 2. The number of hydrogen-bond acceptors (Lipinski definition) is 6. The maximum atomic E-state index is 12.5. The average molecular weight is 475 g/mol. The van der Waals surface area contributed by atoms with Crippen molar-refractivity contribution in [2.75, 3.05) is 40.9 Å².